The summed E-state index contributed by atoms with van der Waals surface area (Å²) < 4.78 is 27.8. The van der Waals surface area contributed by atoms with E-state index in [1.807, 2.05) is 0 Å². The number of methoxy groups -OCH3 is 1. The van der Waals surface area contributed by atoms with Crippen molar-refractivity contribution in [2.45, 2.75) is 14.8 Å². The smallest absolute Gasteiger partial charge is 0.237 e. The Labute approximate surface area is 122 Å². The van der Waals surface area contributed by atoms with Crippen molar-refractivity contribution in [2.75, 3.05) is 19.1 Å². The third-order valence-electron chi connectivity index (χ3n) is 2.53. The van der Waals surface area contributed by atoms with Gasteiger partial charge in [-0.3, -0.25) is 0 Å². The standard InChI is InChI=1S/C13H14N2O3S2/c1-18-13-11(14)7-8-12(15-13)19-9-3-5-10(6-4-9)20(2,16)17/h3-8H,14H2,1-2H3. The first-order valence-corrected chi connectivity index (χ1v) is 8.39. The molecule has 106 valence electrons. The molecule has 0 fully saturated rings. The maximum Gasteiger partial charge on any atom is 0.237 e. The summed E-state index contributed by atoms with van der Waals surface area (Å²) in [5, 5.41) is 0.725. The molecule has 2 aromatic rings. The van der Waals surface area contributed by atoms with Crippen LogP contribution in [0.15, 0.2) is 51.2 Å². The SMILES string of the molecule is COc1nc(Sc2ccc(S(C)(=O)=O)cc2)ccc1N. The molecule has 5 nitrogen and oxygen atoms in total. The van der Waals surface area contributed by atoms with E-state index in [1.54, 1.807) is 36.4 Å². The quantitative estimate of drug-likeness (QED) is 0.932. The summed E-state index contributed by atoms with van der Waals surface area (Å²) in [6.45, 7) is 0. The molecule has 1 aromatic heterocycles. The van der Waals surface area contributed by atoms with E-state index in [4.69, 9.17) is 10.5 Å². The largest absolute Gasteiger partial charge is 0.480 e. The van der Waals surface area contributed by atoms with Gasteiger partial charge in [-0.25, -0.2) is 13.4 Å². The lowest BCUT2D eigenvalue weighted by atomic mass is 10.4. The molecule has 0 saturated heterocycles. The van der Waals surface area contributed by atoms with Gasteiger partial charge >= 0.3 is 0 Å². The summed E-state index contributed by atoms with van der Waals surface area (Å²) in [6.07, 6.45) is 1.18. The minimum absolute atomic E-state index is 0.296. The van der Waals surface area contributed by atoms with E-state index in [1.165, 1.54) is 25.1 Å². The molecule has 7 heteroatoms. The van der Waals surface area contributed by atoms with Crippen molar-refractivity contribution in [3.05, 3.63) is 36.4 Å². The van der Waals surface area contributed by atoms with Gasteiger partial charge in [0.1, 0.15) is 5.03 Å². The zero-order valence-corrected chi connectivity index (χ0v) is 12.7. The Morgan fingerprint density at radius 2 is 1.80 bits per heavy atom. The fourth-order valence-electron chi connectivity index (χ4n) is 1.53. The Hall–Kier alpha value is -1.73. The highest BCUT2D eigenvalue weighted by atomic mass is 32.2. The third kappa shape index (κ3) is 3.43. The van der Waals surface area contributed by atoms with Crippen LogP contribution in [0.5, 0.6) is 5.88 Å². The molecule has 0 unspecified atom stereocenters. The zero-order valence-electron chi connectivity index (χ0n) is 11.0. The number of aromatic nitrogens is 1. The van der Waals surface area contributed by atoms with Crippen LogP contribution in [0, 0.1) is 0 Å². The number of sulfone groups is 1. The number of anilines is 1. The van der Waals surface area contributed by atoms with Crippen molar-refractivity contribution in [3.63, 3.8) is 0 Å². The number of nitrogens with zero attached hydrogens (tertiary/aromatic N) is 1. The van der Waals surface area contributed by atoms with Crippen LogP contribution in [0.3, 0.4) is 0 Å². The first-order valence-electron chi connectivity index (χ1n) is 5.68. The summed E-state index contributed by atoms with van der Waals surface area (Å²) >= 11 is 1.40. The second kappa shape index (κ2) is 5.72. The predicted octanol–water partition coefficient (Wildman–Crippen LogP) is 2.23. The molecule has 0 bridgehead atoms. The molecule has 0 amide bonds. The van der Waals surface area contributed by atoms with Crippen LogP contribution in [-0.4, -0.2) is 26.8 Å². The van der Waals surface area contributed by atoms with E-state index in [2.05, 4.69) is 4.98 Å². The van der Waals surface area contributed by atoms with Gasteiger partial charge in [-0.1, -0.05) is 11.8 Å². The number of rotatable bonds is 4. The van der Waals surface area contributed by atoms with Crippen LogP contribution in [0.1, 0.15) is 0 Å². The summed E-state index contributed by atoms with van der Waals surface area (Å²) in [6, 6.07) is 10.1. The molecule has 0 aliphatic rings. The van der Waals surface area contributed by atoms with E-state index in [0.717, 1.165) is 9.92 Å². The van der Waals surface area contributed by atoms with E-state index >= 15 is 0 Å². The van der Waals surface area contributed by atoms with Crippen molar-refractivity contribution >= 4 is 27.3 Å². The maximum atomic E-state index is 11.4. The maximum absolute atomic E-state index is 11.4. The number of ether oxygens (including phenoxy) is 1. The second-order valence-electron chi connectivity index (χ2n) is 4.09. The van der Waals surface area contributed by atoms with Gasteiger partial charge in [-0.15, -0.1) is 0 Å². The second-order valence-corrected chi connectivity index (χ2v) is 7.20. The first kappa shape index (κ1) is 14.7. The molecule has 0 radical (unpaired) electrons. The molecular weight excluding hydrogens is 296 g/mol. The van der Waals surface area contributed by atoms with Crippen molar-refractivity contribution in [2.24, 2.45) is 0 Å². The zero-order chi connectivity index (χ0) is 14.8. The molecule has 0 aliphatic heterocycles. The van der Waals surface area contributed by atoms with E-state index < -0.39 is 9.84 Å². The summed E-state index contributed by atoms with van der Waals surface area (Å²) in [5.41, 5.74) is 6.17. The molecule has 0 spiro atoms. The van der Waals surface area contributed by atoms with Gasteiger partial charge in [0.25, 0.3) is 0 Å². The first-order chi connectivity index (χ1) is 9.40. The van der Waals surface area contributed by atoms with Gasteiger partial charge in [0.15, 0.2) is 9.84 Å². The lowest BCUT2D eigenvalue weighted by Gasteiger charge is -2.06. The van der Waals surface area contributed by atoms with Gasteiger partial charge in [-0.2, -0.15) is 0 Å². The lowest BCUT2D eigenvalue weighted by Crippen LogP contribution is -1.96. The summed E-state index contributed by atoms with van der Waals surface area (Å²) in [4.78, 5) is 5.44. The lowest BCUT2D eigenvalue weighted by molar-refractivity contribution is 0.397. The molecular formula is C13H14N2O3S2. The number of pyridine rings is 1. The van der Waals surface area contributed by atoms with E-state index in [0.29, 0.717) is 16.5 Å². The highest BCUT2D eigenvalue weighted by Crippen LogP contribution is 2.30. The number of nitrogen functional groups attached to an aromatic ring is 1. The van der Waals surface area contributed by atoms with Crippen LogP contribution in [0.4, 0.5) is 5.69 Å². The number of benzene rings is 1. The Kier molecular flexibility index (Phi) is 4.20. The van der Waals surface area contributed by atoms with Crippen molar-refractivity contribution < 1.29 is 13.2 Å². The fourth-order valence-corrected chi connectivity index (χ4v) is 2.94. The topological polar surface area (TPSA) is 82.3 Å². The molecule has 2 N–H and O–H groups in total. The molecule has 1 aromatic carbocycles. The summed E-state index contributed by atoms with van der Waals surface area (Å²) in [7, 11) is -1.66. The number of hydrogen-bond donors (Lipinski definition) is 1. The Balaban J connectivity index is 2.22. The minimum Gasteiger partial charge on any atom is -0.480 e. The van der Waals surface area contributed by atoms with Crippen LogP contribution in [-0.2, 0) is 9.84 Å². The van der Waals surface area contributed by atoms with Gasteiger partial charge < -0.3 is 10.5 Å². The highest BCUT2D eigenvalue weighted by Gasteiger charge is 2.08. The molecule has 2 rings (SSSR count). The Morgan fingerprint density at radius 1 is 1.15 bits per heavy atom. The average molecular weight is 310 g/mol. The monoisotopic (exact) mass is 310 g/mol. The van der Waals surface area contributed by atoms with E-state index in [9.17, 15) is 8.42 Å². The van der Waals surface area contributed by atoms with Crippen molar-refractivity contribution in [3.8, 4) is 5.88 Å². The number of hydrogen-bond acceptors (Lipinski definition) is 6. The van der Waals surface area contributed by atoms with Crippen molar-refractivity contribution in [1.29, 1.82) is 0 Å². The molecule has 0 saturated carbocycles. The van der Waals surface area contributed by atoms with Crippen LogP contribution >= 0.6 is 11.8 Å². The Bertz CT molecular complexity index is 713. The molecule has 1 heterocycles. The van der Waals surface area contributed by atoms with Crippen LogP contribution in [0.25, 0.3) is 0 Å². The van der Waals surface area contributed by atoms with Gasteiger partial charge in [0.2, 0.25) is 5.88 Å². The van der Waals surface area contributed by atoms with Gasteiger partial charge in [0.05, 0.1) is 17.7 Å². The molecule has 20 heavy (non-hydrogen) atoms. The van der Waals surface area contributed by atoms with Gasteiger partial charge in [0, 0.05) is 11.2 Å². The average Bonchev–Trinajstić information content (AvgIpc) is 2.40. The number of nitrogens with two attached hydrogens (primary N) is 1. The van der Waals surface area contributed by atoms with Crippen LogP contribution in [0.2, 0.25) is 0 Å². The third-order valence-corrected chi connectivity index (χ3v) is 4.60. The minimum atomic E-state index is -3.17. The molecule has 0 aliphatic carbocycles. The predicted molar refractivity (Wildman–Crippen MR) is 78.9 cm³/mol. The van der Waals surface area contributed by atoms with Crippen LogP contribution < -0.4 is 10.5 Å². The van der Waals surface area contributed by atoms with Gasteiger partial charge in [-0.05, 0) is 36.4 Å². The van der Waals surface area contributed by atoms with Crippen molar-refractivity contribution in [1.82, 2.24) is 4.98 Å². The molecule has 0 atom stereocenters. The summed E-state index contributed by atoms with van der Waals surface area (Å²) in [5.74, 6) is 0.378. The van der Waals surface area contributed by atoms with E-state index in [-0.39, 0.29) is 0 Å². The fraction of sp³-hybridized carbons (Fsp3) is 0.154. The normalized spacial score (nSPS) is 11.3. The highest BCUT2D eigenvalue weighted by molar-refractivity contribution is 7.99. The Morgan fingerprint density at radius 3 is 2.35 bits per heavy atom.